The fourth-order valence-corrected chi connectivity index (χ4v) is 3.25. The van der Waals surface area contributed by atoms with E-state index in [0.717, 1.165) is 23.8 Å². The van der Waals surface area contributed by atoms with Crippen molar-refractivity contribution in [3.63, 3.8) is 0 Å². The summed E-state index contributed by atoms with van der Waals surface area (Å²) in [6, 6.07) is 12.4. The summed E-state index contributed by atoms with van der Waals surface area (Å²) >= 11 is 1.79. The predicted octanol–water partition coefficient (Wildman–Crippen LogP) is 3.79. The van der Waals surface area contributed by atoms with Gasteiger partial charge >= 0.3 is 0 Å². The Morgan fingerprint density at radius 2 is 1.96 bits per heavy atom. The number of nitrogens with one attached hydrogen (secondary N) is 2. The van der Waals surface area contributed by atoms with Crippen LogP contribution in [0, 0.1) is 0 Å². The van der Waals surface area contributed by atoms with Crippen LogP contribution in [0.3, 0.4) is 0 Å². The molecule has 130 valence electrons. The fourth-order valence-electron chi connectivity index (χ4n) is 2.40. The van der Waals surface area contributed by atoms with Crippen molar-refractivity contribution in [3.05, 3.63) is 52.2 Å². The lowest BCUT2D eigenvalue weighted by Crippen LogP contribution is -2.43. The Morgan fingerprint density at radius 3 is 2.62 bits per heavy atom. The topological polar surface area (TPSA) is 45.6 Å². The molecule has 1 aromatic carbocycles. The molecule has 24 heavy (non-hydrogen) atoms. The van der Waals surface area contributed by atoms with Crippen molar-refractivity contribution in [3.8, 4) is 5.75 Å². The highest BCUT2D eigenvalue weighted by Crippen LogP contribution is 2.26. The highest BCUT2D eigenvalue weighted by atomic mass is 32.1. The van der Waals surface area contributed by atoms with Gasteiger partial charge in [0.2, 0.25) is 0 Å². The lowest BCUT2D eigenvalue weighted by Gasteiger charge is -2.25. The molecule has 4 nitrogen and oxygen atoms in total. The molecular formula is C19H27N3OS. The van der Waals surface area contributed by atoms with E-state index in [1.165, 1.54) is 4.88 Å². The highest BCUT2D eigenvalue weighted by molar-refractivity contribution is 7.10. The van der Waals surface area contributed by atoms with Gasteiger partial charge in [-0.15, -0.1) is 11.3 Å². The first kappa shape index (κ1) is 18.3. The van der Waals surface area contributed by atoms with Crippen molar-refractivity contribution in [1.82, 2.24) is 10.6 Å². The highest BCUT2D eigenvalue weighted by Gasteiger charge is 2.21. The SMILES string of the molecule is CCOc1ccccc1CNC(=NC)NCC(C)(C)c1cccs1. The van der Waals surface area contributed by atoms with E-state index in [1.54, 1.807) is 18.4 Å². The van der Waals surface area contributed by atoms with Gasteiger partial charge < -0.3 is 15.4 Å². The Morgan fingerprint density at radius 1 is 1.17 bits per heavy atom. The smallest absolute Gasteiger partial charge is 0.191 e. The minimum atomic E-state index is 0.0645. The maximum atomic E-state index is 5.67. The van der Waals surface area contributed by atoms with Gasteiger partial charge in [-0.25, -0.2) is 0 Å². The van der Waals surface area contributed by atoms with E-state index >= 15 is 0 Å². The molecule has 0 fully saturated rings. The van der Waals surface area contributed by atoms with E-state index in [-0.39, 0.29) is 5.41 Å². The number of hydrogen-bond acceptors (Lipinski definition) is 3. The van der Waals surface area contributed by atoms with Gasteiger partial charge in [0, 0.05) is 36.0 Å². The number of benzene rings is 1. The third-order valence-electron chi connectivity index (χ3n) is 3.83. The van der Waals surface area contributed by atoms with Crippen molar-refractivity contribution < 1.29 is 4.74 Å². The summed E-state index contributed by atoms with van der Waals surface area (Å²) in [5.74, 6) is 1.72. The number of guanidine groups is 1. The Labute approximate surface area is 149 Å². The molecule has 0 aliphatic rings. The zero-order chi connectivity index (χ0) is 17.4. The van der Waals surface area contributed by atoms with Gasteiger partial charge in [0.05, 0.1) is 6.61 Å². The zero-order valence-corrected chi connectivity index (χ0v) is 15.7. The van der Waals surface area contributed by atoms with E-state index < -0.39 is 0 Å². The molecule has 0 radical (unpaired) electrons. The molecule has 0 bridgehead atoms. The Kier molecular flexibility index (Phi) is 6.67. The second-order valence-corrected chi connectivity index (χ2v) is 7.13. The van der Waals surface area contributed by atoms with Crippen LogP contribution in [0.4, 0.5) is 0 Å². The standard InChI is InChI=1S/C19H27N3OS/c1-5-23-16-10-7-6-9-15(16)13-21-18(20-4)22-14-19(2,3)17-11-8-12-24-17/h6-12H,5,13-14H2,1-4H3,(H2,20,21,22). The largest absolute Gasteiger partial charge is 0.494 e. The molecular weight excluding hydrogens is 318 g/mol. The molecule has 0 atom stereocenters. The first-order valence-electron chi connectivity index (χ1n) is 8.26. The van der Waals surface area contributed by atoms with E-state index in [2.05, 4.69) is 53.1 Å². The number of nitrogens with zero attached hydrogens (tertiary/aromatic N) is 1. The van der Waals surface area contributed by atoms with Crippen LogP contribution in [0.5, 0.6) is 5.75 Å². The van der Waals surface area contributed by atoms with E-state index in [0.29, 0.717) is 13.2 Å². The molecule has 0 saturated heterocycles. The van der Waals surface area contributed by atoms with Gasteiger partial charge in [-0.2, -0.15) is 0 Å². The summed E-state index contributed by atoms with van der Waals surface area (Å²) in [5.41, 5.74) is 1.19. The van der Waals surface area contributed by atoms with Gasteiger partial charge in [-0.3, -0.25) is 4.99 Å². The molecule has 0 aliphatic heterocycles. The zero-order valence-electron chi connectivity index (χ0n) is 14.9. The van der Waals surface area contributed by atoms with Crippen molar-refractivity contribution in [2.24, 2.45) is 4.99 Å². The number of hydrogen-bond donors (Lipinski definition) is 2. The Balaban J connectivity index is 1.92. The minimum Gasteiger partial charge on any atom is -0.494 e. The molecule has 0 unspecified atom stereocenters. The molecule has 0 saturated carbocycles. The van der Waals surface area contributed by atoms with E-state index in [9.17, 15) is 0 Å². The average molecular weight is 346 g/mol. The molecule has 2 rings (SSSR count). The summed E-state index contributed by atoms with van der Waals surface area (Å²) < 4.78 is 5.67. The quantitative estimate of drug-likeness (QED) is 0.593. The van der Waals surface area contributed by atoms with E-state index in [1.807, 2.05) is 25.1 Å². The van der Waals surface area contributed by atoms with E-state index in [4.69, 9.17) is 4.74 Å². The third kappa shape index (κ3) is 4.99. The number of rotatable bonds is 7. The van der Waals surface area contributed by atoms with Gasteiger partial charge in [0.25, 0.3) is 0 Å². The molecule has 1 aromatic heterocycles. The normalized spacial score (nSPS) is 12.1. The van der Waals surface area contributed by atoms with Crippen LogP contribution < -0.4 is 15.4 Å². The number of para-hydroxylation sites is 1. The van der Waals surface area contributed by atoms with Crippen LogP contribution in [0.1, 0.15) is 31.2 Å². The fraction of sp³-hybridized carbons (Fsp3) is 0.421. The minimum absolute atomic E-state index is 0.0645. The number of ether oxygens (including phenoxy) is 1. The average Bonchev–Trinajstić information content (AvgIpc) is 3.12. The van der Waals surface area contributed by atoms with Crippen LogP contribution >= 0.6 is 11.3 Å². The second-order valence-electron chi connectivity index (χ2n) is 6.18. The van der Waals surface area contributed by atoms with Crippen LogP contribution in [0.15, 0.2) is 46.8 Å². The van der Waals surface area contributed by atoms with Crippen LogP contribution in [0.2, 0.25) is 0 Å². The third-order valence-corrected chi connectivity index (χ3v) is 5.06. The molecule has 0 aliphatic carbocycles. The van der Waals surface area contributed by atoms with Gasteiger partial charge in [-0.1, -0.05) is 38.1 Å². The molecule has 2 N–H and O–H groups in total. The van der Waals surface area contributed by atoms with Crippen molar-refractivity contribution in [1.29, 1.82) is 0 Å². The van der Waals surface area contributed by atoms with Crippen molar-refractivity contribution in [2.75, 3.05) is 20.2 Å². The summed E-state index contributed by atoms with van der Waals surface area (Å²) in [5, 5.41) is 8.91. The lowest BCUT2D eigenvalue weighted by molar-refractivity contribution is 0.336. The number of thiophene rings is 1. The van der Waals surface area contributed by atoms with Gasteiger partial charge in [0.1, 0.15) is 5.75 Å². The van der Waals surface area contributed by atoms with Crippen molar-refractivity contribution >= 4 is 17.3 Å². The van der Waals surface area contributed by atoms with Gasteiger partial charge in [-0.05, 0) is 24.4 Å². The summed E-state index contributed by atoms with van der Waals surface area (Å²) in [6.07, 6.45) is 0. The summed E-state index contributed by atoms with van der Waals surface area (Å²) in [4.78, 5) is 5.69. The lowest BCUT2D eigenvalue weighted by atomic mass is 9.91. The first-order valence-corrected chi connectivity index (χ1v) is 9.14. The maximum absolute atomic E-state index is 5.67. The van der Waals surface area contributed by atoms with Crippen molar-refractivity contribution in [2.45, 2.75) is 32.7 Å². The summed E-state index contributed by atoms with van der Waals surface area (Å²) in [7, 11) is 1.79. The molecule has 5 heteroatoms. The molecule has 0 amide bonds. The molecule has 2 aromatic rings. The Hall–Kier alpha value is -2.01. The maximum Gasteiger partial charge on any atom is 0.191 e. The molecule has 1 heterocycles. The summed E-state index contributed by atoms with van der Waals surface area (Å²) in [6.45, 7) is 8.64. The monoisotopic (exact) mass is 345 g/mol. The number of aliphatic imine (C=N–C) groups is 1. The van der Waals surface area contributed by atoms with Crippen LogP contribution in [0.25, 0.3) is 0 Å². The van der Waals surface area contributed by atoms with Crippen LogP contribution in [-0.2, 0) is 12.0 Å². The van der Waals surface area contributed by atoms with Crippen LogP contribution in [-0.4, -0.2) is 26.2 Å². The first-order chi connectivity index (χ1) is 11.6. The molecule has 0 spiro atoms. The second kappa shape index (κ2) is 8.73. The van der Waals surface area contributed by atoms with Gasteiger partial charge in [0.15, 0.2) is 5.96 Å². The Bertz CT molecular complexity index is 650. The predicted molar refractivity (Wildman–Crippen MR) is 103 cm³/mol.